The molecule has 1 heterocycles. The molecular formula is C11H6ClN3O2. The summed E-state index contributed by atoms with van der Waals surface area (Å²) in [5, 5.41) is 9.14. The summed E-state index contributed by atoms with van der Waals surface area (Å²) in [4.78, 5) is 26.9. The Morgan fingerprint density at radius 2 is 2.06 bits per heavy atom. The van der Waals surface area contributed by atoms with E-state index in [9.17, 15) is 9.59 Å². The van der Waals surface area contributed by atoms with Crippen LogP contribution in [0.25, 0.3) is 11.1 Å². The molecule has 5 nitrogen and oxygen atoms in total. The molecule has 2 rings (SSSR count). The van der Waals surface area contributed by atoms with Gasteiger partial charge in [-0.15, -0.1) is 0 Å². The van der Waals surface area contributed by atoms with Crippen molar-refractivity contribution in [3.8, 4) is 17.2 Å². The third-order valence-corrected chi connectivity index (χ3v) is 2.55. The topological polar surface area (TPSA) is 89.5 Å². The van der Waals surface area contributed by atoms with Crippen LogP contribution >= 0.6 is 11.6 Å². The first-order chi connectivity index (χ1) is 8.11. The number of hydrogen-bond donors (Lipinski definition) is 2. The van der Waals surface area contributed by atoms with Crippen molar-refractivity contribution in [1.82, 2.24) is 9.97 Å². The Balaban J connectivity index is 2.66. The Morgan fingerprint density at radius 1 is 1.29 bits per heavy atom. The molecule has 0 saturated heterocycles. The Labute approximate surface area is 100 Å². The van der Waals surface area contributed by atoms with Crippen LogP contribution in [-0.4, -0.2) is 9.97 Å². The molecule has 0 amide bonds. The fourth-order valence-corrected chi connectivity index (χ4v) is 1.56. The van der Waals surface area contributed by atoms with E-state index in [1.165, 1.54) is 18.3 Å². The maximum Gasteiger partial charge on any atom is 0.325 e. The molecule has 0 unspecified atom stereocenters. The van der Waals surface area contributed by atoms with Crippen molar-refractivity contribution in [1.29, 1.82) is 5.26 Å². The minimum absolute atomic E-state index is 0.273. The second-order valence-corrected chi connectivity index (χ2v) is 3.70. The molecule has 2 aromatic rings. The first kappa shape index (κ1) is 11.2. The Bertz CT molecular complexity index is 724. The van der Waals surface area contributed by atoms with Gasteiger partial charge in [-0.2, -0.15) is 5.26 Å². The molecule has 84 valence electrons. The van der Waals surface area contributed by atoms with Gasteiger partial charge in [0.15, 0.2) is 0 Å². The van der Waals surface area contributed by atoms with Gasteiger partial charge in [-0.25, -0.2) is 4.79 Å². The Morgan fingerprint density at radius 3 is 2.71 bits per heavy atom. The molecule has 0 saturated carbocycles. The van der Waals surface area contributed by atoms with Gasteiger partial charge in [0.2, 0.25) is 0 Å². The first-order valence-corrected chi connectivity index (χ1v) is 5.01. The van der Waals surface area contributed by atoms with Gasteiger partial charge in [-0.3, -0.25) is 9.78 Å². The van der Waals surface area contributed by atoms with Gasteiger partial charge in [0, 0.05) is 6.20 Å². The van der Waals surface area contributed by atoms with Crippen molar-refractivity contribution in [3.05, 3.63) is 55.8 Å². The van der Waals surface area contributed by atoms with Gasteiger partial charge in [0.1, 0.15) is 6.07 Å². The van der Waals surface area contributed by atoms with Crippen LogP contribution in [0.2, 0.25) is 5.02 Å². The van der Waals surface area contributed by atoms with Gasteiger partial charge in [-0.1, -0.05) is 17.7 Å². The number of nitriles is 1. The second kappa shape index (κ2) is 4.28. The van der Waals surface area contributed by atoms with E-state index in [4.69, 9.17) is 16.9 Å². The molecule has 0 bridgehead atoms. The minimum atomic E-state index is -0.576. The normalized spacial score (nSPS) is 9.88. The number of rotatable bonds is 1. The predicted molar refractivity (Wildman–Crippen MR) is 62.8 cm³/mol. The highest BCUT2D eigenvalue weighted by molar-refractivity contribution is 6.31. The number of hydrogen-bond acceptors (Lipinski definition) is 3. The monoisotopic (exact) mass is 247 g/mol. The molecule has 0 spiro atoms. The Kier molecular flexibility index (Phi) is 2.81. The zero-order valence-corrected chi connectivity index (χ0v) is 9.21. The SMILES string of the molecule is N#Cc1cc(-c2c[nH]c(=O)[nH]c2=O)ccc1Cl. The minimum Gasteiger partial charge on any atom is -0.313 e. The van der Waals surface area contributed by atoms with Gasteiger partial charge < -0.3 is 4.98 Å². The third kappa shape index (κ3) is 2.12. The lowest BCUT2D eigenvalue weighted by Gasteiger charge is -2.01. The molecule has 0 aliphatic rings. The van der Waals surface area contributed by atoms with Crippen molar-refractivity contribution in [2.24, 2.45) is 0 Å². The van der Waals surface area contributed by atoms with Crippen molar-refractivity contribution >= 4 is 11.6 Å². The third-order valence-electron chi connectivity index (χ3n) is 2.22. The van der Waals surface area contributed by atoms with Crippen LogP contribution in [0, 0.1) is 11.3 Å². The summed E-state index contributed by atoms with van der Waals surface area (Å²) in [7, 11) is 0. The van der Waals surface area contributed by atoms with Crippen LogP contribution in [0.15, 0.2) is 34.0 Å². The average Bonchev–Trinajstić information content (AvgIpc) is 2.30. The van der Waals surface area contributed by atoms with E-state index in [1.54, 1.807) is 6.07 Å². The summed E-state index contributed by atoms with van der Waals surface area (Å²) in [6, 6.07) is 6.54. The largest absolute Gasteiger partial charge is 0.325 e. The van der Waals surface area contributed by atoms with E-state index in [-0.39, 0.29) is 11.1 Å². The number of nitrogens with one attached hydrogen (secondary N) is 2. The van der Waals surface area contributed by atoms with E-state index in [0.29, 0.717) is 10.6 Å². The van der Waals surface area contributed by atoms with E-state index >= 15 is 0 Å². The van der Waals surface area contributed by atoms with Crippen molar-refractivity contribution < 1.29 is 0 Å². The van der Waals surface area contributed by atoms with Crippen molar-refractivity contribution in [2.75, 3.05) is 0 Å². The number of nitrogens with zero attached hydrogens (tertiary/aromatic N) is 1. The zero-order chi connectivity index (χ0) is 12.4. The summed E-state index contributed by atoms with van der Waals surface area (Å²) in [6.45, 7) is 0. The smallest absolute Gasteiger partial charge is 0.313 e. The molecule has 0 aliphatic heterocycles. The lowest BCUT2D eigenvalue weighted by Crippen LogP contribution is -2.22. The lowest BCUT2D eigenvalue weighted by molar-refractivity contribution is 1.04. The van der Waals surface area contributed by atoms with E-state index in [1.807, 2.05) is 6.07 Å². The molecule has 0 atom stereocenters. The maximum absolute atomic E-state index is 11.5. The number of halogens is 1. The lowest BCUT2D eigenvalue weighted by atomic mass is 10.1. The van der Waals surface area contributed by atoms with E-state index in [2.05, 4.69) is 9.97 Å². The first-order valence-electron chi connectivity index (χ1n) is 4.64. The number of H-pyrrole nitrogens is 2. The molecule has 17 heavy (non-hydrogen) atoms. The molecule has 0 radical (unpaired) electrons. The number of aromatic amines is 2. The summed E-state index contributed by atoms with van der Waals surface area (Å²) in [5.41, 5.74) is -0.0239. The fraction of sp³-hybridized carbons (Fsp3) is 0. The van der Waals surface area contributed by atoms with Crippen LogP contribution in [0.5, 0.6) is 0 Å². The van der Waals surface area contributed by atoms with Crippen molar-refractivity contribution in [2.45, 2.75) is 0 Å². The zero-order valence-electron chi connectivity index (χ0n) is 8.45. The average molecular weight is 248 g/mol. The summed E-state index contributed by atoms with van der Waals surface area (Å²) >= 11 is 5.78. The van der Waals surface area contributed by atoms with Gasteiger partial charge >= 0.3 is 5.69 Å². The highest BCUT2D eigenvalue weighted by atomic mass is 35.5. The molecule has 0 fully saturated rings. The molecule has 2 N–H and O–H groups in total. The number of aromatic nitrogens is 2. The summed E-state index contributed by atoms with van der Waals surface area (Å²) < 4.78 is 0. The van der Waals surface area contributed by atoms with Crippen LogP contribution < -0.4 is 11.2 Å². The fourth-order valence-electron chi connectivity index (χ4n) is 1.40. The highest BCUT2D eigenvalue weighted by Crippen LogP contribution is 2.21. The van der Waals surface area contributed by atoms with Crippen LogP contribution in [-0.2, 0) is 0 Å². The summed E-state index contributed by atoms with van der Waals surface area (Å²) in [6.07, 6.45) is 1.30. The van der Waals surface area contributed by atoms with E-state index in [0.717, 1.165) is 0 Å². The maximum atomic E-state index is 11.5. The van der Waals surface area contributed by atoms with Crippen molar-refractivity contribution in [3.63, 3.8) is 0 Å². The quantitative estimate of drug-likeness (QED) is 0.795. The molecule has 1 aromatic heterocycles. The van der Waals surface area contributed by atoms with Crippen LogP contribution in [0.4, 0.5) is 0 Å². The van der Waals surface area contributed by atoms with E-state index < -0.39 is 11.2 Å². The Hall–Kier alpha value is -2.32. The summed E-state index contributed by atoms with van der Waals surface area (Å²) in [5.74, 6) is 0. The van der Waals surface area contributed by atoms with Crippen LogP contribution in [0.1, 0.15) is 5.56 Å². The highest BCUT2D eigenvalue weighted by Gasteiger charge is 2.06. The van der Waals surface area contributed by atoms with Gasteiger partial charge in [0.25, 0.3) is 5.56 Å². The van der Waals surface area contributed by atoms with Gasteiger partial charge in [0.05, 0.1) is 16.1 Å². The molecular weight excluding hydrogens is 242 g/mol. The molecule has 0 aliphatic carbocycles. The molecule has 6 heteroatoms. The number of benzene rings is 1. The standard InChI is InChI=1S/C11H6ClN3O2/c12-9-2-1-6(3-7(9)4-13)8-5-14-11(17)15-10(8)16/h1-3,5H,(H2,14,15,16,17). The molecule has 1 aromatic carbocycles. The second-order valence-electron chi connectivity index (χ2n) is 3.29. The van der Waals surface area contributed by atoms with Crippen LogP contribution in [0.3, 0.4) is 0 Å². The predicted octanol–water partition coefficient (Wildman–Crippen LogP) is 1.26. The van der Waals surface area contributed by atoms with Gasteiger partial charge in [-0.05, 0) is 17.7 Å².